The highest BCUT2D eigenvalue weighted by Crippen LogP contribution is 2.54. The van der Waals surface area contributed by atoms with Gasteiger partial charge in [-0.25, -0.2) is 0 Å². The number of carbonyl (C=O) groups is 1. The number of esters is 1. The lowest BCUT2D eigenvalue weighted by Crippen LogP contribution is -2.47. The monoisotopic (exact) mass is 375 g/mol. The van der Waals surface area contributed by atoms with E-state index in [9.17, 15) is 4.79 Å². The van der Waals surface area contributed by atoms with Crippen LogP contribution in [0.1, 0.15) is 52.4 Å². The van der Waals surface area contributed by atoms with Gasteiger partial charge in [-0.2, -0.15) is 0 Å². The highest BCUT2D eigenvalue weighted by molar-refractivity contribution is 5.76. The first-order valence-corrected chi connectivity index (χ1v) is 10.9. The lowest BCUT2D eigenvalue weighted by atomic mass is 9.59. The smallest absolute Gasteiger partial charge is 0.311 e. The first kappa shape index (κ1) is 18.1. The molecule has 0 aromatic heterocycles. The highest BCUT2D eigenvalue weighted by atomic mass is 16.7. The molecule has 1 spiro atoms. The Morgan fingerprint density at radius 1 is 1.19 bits per heavy atom. The van der Waals surface area contributed by atoms with Gasteiger partial charge in [-0.05, 0) is 30.6 Å². The van der Waals surface area contributed by atoms with Crippen LogP contribution in [0.3, 0.4) is 0 Å². The first-order chi connectivity index (χ1) is 13.0. The van der Waals surface area contributed by atoms with Gasteiger partial charge in [0.1, 0.15) is 6.10 Å². The van der Waals surface area contributed by atoms with Gasteiger partial charge in [0.2, 0.25) is 0 Å². The van der Waals surface area contributed by atoms with Gasteiger partial charge in [0.05, 0.1) is 19.1 Å². The zero-order chi connectivity index (χ0) is 18.6. The summed E-state index contributed by atoms with van der Waals surface area (Å²) in [7, 11) is 0. The van der Waals surface area contributed by atoms with E-state index in [1.165, 1.54) is 19.3 Å². The van der Waals surface area contributed by atoms with Gasteiger partial charge in [-0.3, -0.25) is 4.79 Å². The van der Waals surface area contributed by atoms with Crippen LogP contribution in [0, 0.1) is 23.2 Å². The molecule has 5 nitrogen and oxygen atoms in total. The molecule has 5 rings (SSSR count). The first-order valence-electron chi connectivity index (χ1n) is 10.9. The number of hydrogen-bond donors (Lipinski definition) is 0. The van der Waals surface area contributed by atoms with Crippen molar-refractivity contribution in [1.82, 2.24) is 4.90 Å². The Morgan fingerprint density at radius 3 is 2.67 bits per heavy atom. The molecule has 0 amide bonds. The molecule has 5 atom stereocenters. The molecule has 5 heteroatoms. The van der Waals surface area contributed by atoms with Crippen molar-refractivity contribution >= 4 is 5.97 Å². The van der Waals surface area contributed by atoms with Crippen LogP contribution in [-0.4, -0.2) is 55.6 Å². The van der Waals surface area contributed by atoms with E-state index in [-0.39, 0.29) is 35.1 Å². The van der Waals surface area contributed by atoms with Gasteiger partial charge in [-0.15, -0.1) is 0 Å². The zero-order valence-corrected chi connectivity index (χ0v) is 16.7. The summed E-state index contributed by atoms with van der Waals surface area (Å²) < 4.78 is 17.6. The molecule has 3 aliphatic heterocycles. The average molecular weight is 376 g/mol. The molecule has 3 heterocycles. The van der Waals surface area contributed by atoms with E-state index >= 15 is 0 Å². The Kier molecular flexibility index (Phi) is 4.41. The molecule has 0 unspecified atom stereocenters. The van der Waals surface area contributed by atoms with Gasteiger partial charge in [0, 0.05) is 38.4 Å². The molecule has 0 bridgehead atoms. The van der Waals surface area contributed by atoms with E-state index in [2.05, 4.69) is 24.8 Å². The Balaban J connectivity index is 1.30. The van der Waals surface area contributed by atoms with Crippen LogP contribution in [0.25, 0.3) is 0 Å². The van der Waals surface area contributed by atoms with Crippen molar-refractivity contribution in [3.8, 4) is 0 Å². The SMILES string of the molecule is C[C@H]1CCC[C@]2(C)C[C@H]3OC(=O)[C@@H](CN4CCC5(CC4)OCCO5)[C@H]3C=C12. The van der Waals surface area contributed by atoms with Crippen LogP contribution in [0.4, 0.5) is 0 Å². The molecule has 5 aliphatic rings. The van der Waals surface area contributed by atoms with Gasteiger partial charge >= 0.3 is 5.97 Å². The molecule has 2 aliphatic carbocycles. The number of rotatable bonds is 2. The second-order valence-corrected chi connectivity index (χ2v) is 9.75. The van der Waals surface area contributed by atoms with Crippen molar-refractivity contribution in [2.45, 2.75) is 64.3 Å². The Labute approximate surface area is 162 Å². The van der Waals surface area contributed by atoms with Crippen LogP contribution in [0.15, 0.2) is 11.6 Å². The van der Waals surface area contributed by atoms with E-state index in [1.807, 2.05) is 0 Å². The summed E-state index contributed by atoms with van der Waals surface area (Å²) in [6.07, 6.45) is 9.18. The van der Waals surface area contributed by atoms with Crippen molar-refractivity contribution in [3.63, 3.8) is 0 Å². The molecule has 0 aromatic carbocycles. The second kappa shape index (κ2) is 6.57. The Hall–Kier alpha value is -0.910. The minimum absolute atomic E-state index is 0.0133. The molecule has 4 fully saturated rings. The molecule has 150 valence electrons. The topological polar surface area (TPSA) is 48.0 Å². The van der Waals surface area contributed by atoms with E-state index in [0.29, 0.717) is 19.1 Å². The van der Waals surface area contributed by atoms with Crippen molar-refractivity contribution in [1.29, 1.82) is 0 Å². The predicted octanol–water partition coefficient (Wildman–Crippen LogP) is 3.14. The van der Waals surface area contributed by atoms with E-state index in [1.54, 1.807) is 5.57 Å². The van der Waals surface area contributed by atoms with Crippen molar-refractivity contribution in [3.05, 3.63) is 11.6 Å². The summed E-state index contributed by atoms with van der Waals surface area (Å²) >= 11 is 0. The molecule has 27 heavy (non-hydrogen) atoms. The second-order valence-electron chi connectivity index (χ2n) is 9.75. The summed E-state index contributed by atoms with van der Waals surface area (Å²) in [4.78, 5) is 15.1. The normalized spacial score (nSPS) is 43.9. The van der Waals surface area contributed by atoms with Crippen LogP contribution in [0.5, 0.6) is 0 Å². The molecule has 3 saturated heterocycles. The third kappa shape index (κ3) is 3.06. The third-order valence-corrected chi connectivity index (χ3v) is 7.97. The molecular formula is C22H33NO4. The van der Waals surface area contributed by atoms with E-state index < -0.39 is 0 Å². The minimum atomic E-state index is -0.346. The summed E-state index contributed by atoms with van der Waals surface area (Å²) in [6, 6.07) is 0. The molecule has 0 N–H and O–H groups in total. The summed E-state index contributed by atoms with van der Waals surface area (Å²) in [5.41, 5.74) is 1.84. The quantitative estimate of drug-likeness (QED) is 0.548. The van der Waals surface area contributed by atoms with E-state index in [0.717, 1.165) is 38.9 Å². The number of carbonyl (C=O) groups excluding carboxylic acids is 1. The molecule has 0 radical (unpaired) electrons. The number of likely N-dealkylation sites (tertiary alicyclic amines) is 1. The lowest BCUT2D eigenvalue weighted by Gasteiger charge is -2.46. The summed E-state index contributed by atoms with van der Waals surface area (Å²) in [6.45, 7) is 8.86. The number of allylic oxidation sites excluding steroid dienone is 1. The maximum absolute atomic E-state index is 12.7. The summed E-state index contributed by atoms with van der Waals surface area (Å²) in [5.74, 6) is 0.566. The zero-order valence-electron chi connectivity index (χ0n) is 16.7. The van der Waals surface area contributed by atoms with Crippen LogP contribution in [-0.2, 0) is 19.0 Å². The predicted molar refractivity (Wildman–Crippen MR) is 101 cm³/mol. The average Bonchev–Trinajstić information content (AvgIpc) is 3.20. The minimum Gasteiger partial charge on any atom is -0.461 e. The number of nitrogens with zero attached hydrogens (tertiary/aromatic N) is 1. The maximum Gasteiger partial charge on any atom is 0.311 e. The number of piperidine rings is 1. The van der Waals surface area contributed by atoms with Gasteiger partial charge in [-0.1, -0.05) is 31.9 Å². The maximum atomic E-state index is 12.7. The van der Waals surface area contributed by atoms with Crippen molar-refractivity contribution in [2.75, 3.05) is 32.8 Å². The number of hydrogen-bond acceptors (Lipinski definition) is 5. The van der Waals surface area contributed by atoms with Crippen molar-refractivity contribution < 1.29 is 19.0 Å². The number of ether oxygens (including phenoxy) is 3. The Morgan fingerprint density at radius 2 is 1.93 bits per heavy atom. The fraction of sp³-hybridized carbons (Fsp3) is 0.864. The van der Waals surface area contributed by atoms with E-state index in [4.69, 9.17) is 14.2 Å². The molecule has 0 aromatic rings. The van der Waals surface area contributed by atoms with Gasteiger partial charge in [0.15, 0.2) is 5.79 Å². The van der Waals surface area contributed by atoms with Crippen molar-refractivity contribution in [2.24, 2.45) is 23.2 Å². The number of fused-ring (bicyclic) bond motifs is 2. The van der Waals surface area contributed by atoms with Crippen LogP contribution >= 0.6 is 0 Å². The fourth-order valence-electron chi connectivity index (χ4n) is 6.40. The van der Waals surface area contributed by atoms with Crippen LogP contribution < -0.4 is 0 Å². The lowest BCUT2D eigenvalue weighted by molar-refractivity contribution is -0.186. The van der Waals surface area contributed by atoms with Gasteiger partial charge < -0.3 is 19.1 Å². The van der Waals surface area contributed by atoms with Gasteiger partial charge in [0.25, 0.3) is 0 Å². The largest absolute Gasteiger partial charge is 0.461 e. The summed E-state index contributed by atoms with van der Waals surface area (Å²) in [5, 5.41) is 0. The highest BCUT2D eigenvalue weighted by Gasteiger charge is 2.52. The molecule has 1 saturated carbocycles. The molecular weight excluding hydrogens is 342 g/mol. The Bertz CT molecular complexity index is 630. The standard InChI is InChI=1S/C22H33NO4/c1-15-4-3-5-21(2)13-19-16(12-18(15)21)17(20(24)27-19)14-23-8-6-22(7-9-23)25-10-11-26-22/h12,15-17,19H,3-11,13-14H2,1-2H3/t15-,16+,17-,19+,21+/m0/s1. The fourth-order valence-corrected chi connectivity index (χ4v) is 6.40. The third-order valence-electron chi connectivity index (χ3n) is 7.97. The van der Waals surface area contributed by atoms with Crippen LogP contribution in [0.2, 0.25) is 0 Å².